The number of para-hydroxylation sites is 1. The molecule has 1 aliphatic heterocycles. The molecule has 1 unspecified atom stereocenters. The van der Waals surface area contributed by atoms with Gasteiger partial charge in [0.15, 0.2) is 0 Å². The van der Waals surface area contributed by atoms with E-state index >= 15 is 0 Å². The number of benzene rings is 1. The molecule has 1 aliphatic rings. The Balaban J connectivity index is 1.96. The predicted molar refractivity (Wildman–Crippen MR) is 73.2 cm³/mol. The van der Waals surface area contributed by atoms with Gasteiger partial charge in [0.1, 0.15) is 17.9 Å². The molecule has 1 saturated heterocycles. The monoisotopic (exact) mass is 273 g/mol. The molecule has 0 saturated carbocycles. The Morgan fingerprint density at radius 3 is 3.05 bits per heavy atom. The summed E-state index contributed by atoms with van der Waals surface area (Å²) in [5.41, 5.74) is 0.807. The summed E-state index contributed by atoms with van der Waals surface area (Å²) >= 11 is 0. The van der Waals surface area contributed by atoms with Gasteiger partial charge in [0, 0.05) is 18.2 Å². The zero-order valence-corrected chi connectivity index (χ0v) is 10.9. The van der Waals surface area contributed by atoms with E-state index in [-0.39, 0.29) is 11.7 Å². The first kappa shape index (κ1) is 12.9. The number of aromatic carboxylic acids is 1. The Hall–Kier alpha value is -2.14. The van der Waals surface area contributed by atoms with Crippen molar-refractivity contribution in [3.05, 3.63) is 36.0 Å². The third-order valence-corrected chi connectivity index (χ3v) is 3.39. The molecule has 2 aromatic rings. The van der Waals surface area contributed by atoms with Gasteiger partial charge < -0.3 is 14.6 Å². The van der Waals surface area contributed by atoms with Crippen LogP contribution in [0.5, 0.6) is 5.75 Å². The van der Waals surface area contributed by atoms with Crippen LogP contribution in [0.2, 0.25) is 0 Å². The fraction of sp³-hybridized carbons (Fsp3) is 0.333. The van der Waals surface area contributed by atoms with Gasteiger partial charge in [0.25, 0.3) is 0 Å². The SMILES string of the molecule is O=C(O)c1cnc2ccccc2c1OCC1CCCO1. The van der Waals surface area contributed by atoms with Crippen LogP contribution in [0.1, 0.15) is 23.2 Å². The van der Waals surface area contributed by atoms with Crippen LogP contribution < -0.4 is 4.74 Å². The minimum absolute atomic E-state index is 0.0450. The number of carboxylic acid groups (broad SMARTS) is 1. The molecule has 1 fully saturated rings. The summed E-state index contributed by atoms with van der Waals surface area (Å²) in [5.74, 6) is -0.663. The number of carbonyl (C=O) groups is 1. The Labute approximate surface area is 116 Å². The van der Waals surface area contributed by atoms with Crippen molar-refractivity contribution in [3.63, 3.8) is 0 Å². The number of fused-ring (bicyclic) bond motifs is 1. The zero-order valence-electron chi connectivity index (χ0n) is 10.9. The molecule has 3 rings (SSSR count). The topological polar surface area (TPSA) is 68.7 Å². The van der Waals surface area contributed by atoms with E-state index in [1.807, 2.05) is 24.3 Å². The van der Waals surface area contributed by atoms with Gasteiger partial charge in [0.05, 0.1) is 11.6 Å². The molecule has 2 heterocycles. The number of pyridine rings is 1. The van der Waals surface area contributed by atoms with Crippen LogP contribution in [0.15, 0.2) is 30.5 Å². The second-order valence-electron chi connectivity index (χ2n) is 4.77. The maximum Gasteiger partial charge on any atom is 0.341 e. The van der Waals surface area contributed by atoms with Crippen LogP contribution in [-0.2, 0) is 4.74 Å². The number of hydrogen-bond donors (Lipinski definition) is 1. The molecule has 5 nitrogen and oxygen atoms in total. The molecule has 1 aromatic carbocycles. The van der Waals surface area contributed by atoms with Gasteiger partial charge in [-0.25, -0.2) is 4.79 Å². The van der Waals surface area contributed by atoms with Gasteiger partial charge in [-0.05, 0) is 25.0 Å². The van der Waals surface area contributed by atoms with Crippen LogP contribution in [0.25, 0.3) is 10.9 Å². The van der Waals surface area contributed by atoms with Crippen molar-refractivity contribution >= 4 is 16.9 Å². The molecule has 0 amide bonds. The summed E-state index contributed by atoms with van der Waals surface area (Å²) in [6.07, 6.45) is 3.36. The van der Waals surface area contributed by atoms with Gasteiger partial charge in [-0.1, -0.05) is 12.1 Å². The maximum absolute atomic E-state index is 11.3. The second-order valence-corrected chi connectivity index (χ2v) is 4.77. The first-order chi connectivity index (χ1) is 9.75. The number of carboxylic acids is 1. The lowest BCUT2D eigenvalue weighted by Crippen LogP contribution is -2.17. The van der Waals surface area contributed by atoms with Crippen molar-refractivity contribution in [3.8, 4) is 5.75 Å². The maximum atomic E-state index is 11.3. The summed E-state index contributed by atoms with van der Waals surface area (Å²) in [6.45, 7) is 1.12. The molecule has 1 N–H and O–H groups in total. The highest BCUT2D eigenvalue weighted by atomic mass is 16.5. The van der Waals surface area contributed by atoms with E-state index in [4.69, 9.17) is 9.47 Å². The number of ether oxygens (including phenoxy) is 2. The summed E-state index contributed by atoms with van der Waals surface area (Å²) in [5, 5.41) is 9.98. The van der Waals surface area contributed by atoms with Gasteiger partial charge in [-0.2, -0.15) is 0 Å². The molecular weight excluding hydrogens is 258 g/mol. The standard InChI is InChI=1S/C15H15NO4/c17-15(18)12-8-16-13-6-2-1-5-11(13)14(12)20-9-10-4-3-7-19-10/h1-2,5-6,8,10H,3-4,7,9H2,(H,17,18). The number of hydrogen-bond acceptors (Lipinski definition) is 4. The fourth-order valence-corrected chi connectivity index (χ4v) is 2.38. The lowest BCUT2D eigenvalue weighted by molar-refractivity contribution is 0.0633. The largest absolute Gasteiger partial charge is 0.489 e. The highest BCUT2D eigenvalue weighted by Gasteiger charge is 2.20. The summed E-state index contributed by atoms with van der Waals surface area (Å²) in [4.78, 5) is 15.5. The predicted octanol–water partition coefficient (Wildman–Crippen LogP) is 2.49. The molecule has 1 atom stereocenters. The second kappa shape index (κ2) is 5.46. The molecule has 0 bridgehead atoms. The van der Waals surface area contributed by atoms with E-state index in [2.05, 4.69) is 4.98 Å². The molecule has 0 radical (unpaired) electrons. The fourth-order valence-electron chi connectivity index (χ4n) is 2.38. The molecular formula is C15H15NO4. The minimum Gasteiger partial charge on any atom is -0.489 e. The highest BCUT2D eigenvalue weighted by Crippen LogP contribution is 2.29. The van der Waals surface area contributed by atoms with E-state index in [9.17, 15) is 9.90 Å². The molecule has 0 aliphatic carbocycles. The van der Waals surface area contributed by atoms with E-state index < -0.39 is 5.97 Å². The first-order valence-corrected chi connectivity index (χ1v) is 6.61. The lowest BCUT2D eigenvalue weighted by atomic mass is 10.1. The molecule has 104 valence electrons. The highest BCUT2D eigenvalue weighted by molar-refractivity contribution is 5.98. The zero-order chi connectivity index (χ0) is 13.9. The van der Waals surface area contributed by atoms with Crippen LogP contribution >= 0.6 is 0 Å². The summed E-state index contributed by atoms with van der Waals surface area (Å²) in [6, 6.07) is 7.35. The van der Waals surface area contributed by atoms with Crippen LogP contribution in [0.3, 0.4) is 0 Å². The van der Waals surface area contributed by atoms with Crippen LogP contribution in [-0.4, -0.2) is 35.4 Å². The molecule has 5 heteroatoms. The van der Waals surface area contributed by atoms with E-state index in [1.165, 1.54) is 6.20 Å². The third kappa shape index (κ3) is 2.44. The van der Waals surface area contributed by atoms with Crippen LogP contribution in [0, 0.1) is 0 Å². The van der Waals surface area contributed by atoms with Crippen molar-refractivity contribution in [2.24, 2.45) is 0 Å². The normalized spacial score (nSPS) is 18.3. The Morgan fingerprint density at radius 1 is 1.45 bits per heavy atom. The van der Waals surface area contributed by atoms with Gasteiger partial charge in [0.2, 0.25) is 0 Å². The van der Waals surface area contributed by atoms with Crippen molar-refractivity contribution < 1.29 is 19.4 Å². The lowest BCUT2D eigenvalue weighted by Gasteiger charge is -2.14. The molecule has 1 aromatic heterocycles. The van der Waals surface area contributed by atoms with Gasteiger partial charge in [-0.15, -0.1) is 0 Å². The van der Waals surface area contributed by atoms with Crippen molar-refractivity contribution in [2.45, 2.75) is 18.9 Å². The van der Waals surface area contributed by atoms with E-state index in [0.717, 1.165) is 25.0 Å². The molecule has 20 heavy (non-hydrogen) atoms. The first-order valence-electron chi connectivity index (χ1n) is 6.61. The van der Waals surface area contributed by atoms with E-state index in [1.54, 1.807) is 0 Å². The van der Waals surface area contributed by atoms with Gasteiger partial charge in [-0.3, -0.25) is 4.98 Å². The average molecular weight is 273 g/mol. The van der Waals surface area contributed by atoms with Crippen molar-refractivity contribution in [1.29, 1.82) is 0 Å². The van der Waals surface area contributed by atoms with Crippen LogP contribution in [0.4, 0.5) is 0 Å². The van der Waals surface area contributed by atoms with Gasteiger partial charge >= 0.3 is 5.97 Å². The quantitative estimate of drug-likeness (QED) is 0.926. The third-order valence-electron chi connectivity index (χ3n) is 3.39. The molecule has 0 spiro atoms. The smallest absolute Gasteiger partial charge is 0.341 e. The van der Waals surface area contributed by atoms with Crippen molar-refractivity contribution in [2.75, 3.05) is 13.2 Å². The van der Waals surface area contributed by atoms with Crippen molar-refractivity contribution in [1.82, 2.24) is 4.98 Å². The number of aromatic nitrogens is 1. The summed E-state index contributed by atoms with van der Waals surface area (Å²) < 4.78 is 11.2. The summed E-state index contributed by atoms with van der Waals surface area (Å²) in [7, 11) is 0. The number of nitrogens with zero attached hydrogens (tertiary/aromatic N) is 1. The average Bonchev–Trinajstić information content (AvgIpc) is 2.97. The Bertz CT molecular complexity index is 635. The Morgan fingerprint density at radius 2 is 2.30 bits per heavy atom. The minimum atomic E-state index is -1.04. The van der Waals surface area contributed by atoms with E-state index in [0.29, 0.717) is 17.7 Å². The number of rotatable bonds is 4. The Kier molecular flexibility index (Phi) is 3.52.